The van der Waals surface area contributed by atoms with Crippen molar-refractivity contribution < 1.29 is 9.39 Å². The van der Waals surface area contributed by atoms with Crippen molar-refractivity contribution in [3.05, 3.63) is 12.5 Å². The van der Waals surface area contributed by atoms with Gasteiger partial charge in [-0.15, -0.1) is 0 Å². The van der Waals surface area contributed by atoms with Crippen LogP contribution in [0.5, 0.6) is 0 Å². The van der Waals surface area contributed by atoms with Crippen LogP contribution >= 0.6 is 0 Å². The second-order valence-corrected chi connectivity index (χ2v) is 8.25. The number of imidazole rings is 1. The average molecular weight is 334 g/mol. The normalized spacial score (nSPS) is 19.5. The molecule has 5 heteroatoms. The maximum Gasteiger partial charge on any atom is 0.328 e. The van der Waals surface area contributed by atoms with Gasteiger partial charge in [0.05, 0.1) is 11.9 Å². The monoisotopic (exact) mass is 334 g/mol. The van der Waals surface area contributed by atoms with Gasteiger partial charge in [0.2, 0.25) is 0 Å². The highest BCUT2D eigenvalue weighted by molar-refractivity contribution is 6.45. The smallest absolute Gasteiger partial charge is 0.328 e. The molecule has 1 saturated heterocycles. The van der Waals surface area contributed by atoms with Crippen molar-refractivity contribution in [2.45, 2.75) is 91.4 Å². The fraction of sp³-hybridized carbons (Fsp3) is 0.842. The highest BCUT2D eigenvalue weighted by atomic mass is 16.5. The zero-order valence-electron chi connectivity index (χ0n) is 16.3. The molecule has 1 atom stereocenters. The Kier molecular flexibility index (Phi) is 6.93. The van der Waals surface area contributed by atoms with Gasteiger partial charge < -0.3 is 14.0 Å². The molecule has 0 amide bonds. The highest BCUT2D eigenvalue weighted by Gasteiger charge is 2.37. The van der Waals surface area contributed by atoms with E-state index in [9.17, 15) is 0 Å². The Morgan fingerprint density at radius 3 is 2.75 bits per heavy atom. The molecule has 0 saturated carbocycles. The zero-order chi connectivity index (χ0) is 17.6. The van der Waals surface area contributed by atoms with E-state index in [2.05, 4.69) is 44.2 Å². The average Bonchev–Trinajstić information content (AvgIpc) is 3.02. The molecule has 1 unspecified atom stereocenters. The van der Waals surface area contributed by atoms with Crippen LogP contribution in [0.15, 0.2) is 12.5 Å². The van der Waals surface area contributed by atoms with Crippen molar-refractivity contribution in [2.24, 2.45) is 5.41 Å². The van der Waals surface area contributed by atoms with E-state index in [0.717, 1.165) is 25.0 Å². The fourth-order valence-electron chi connectivity index (χ4n) is 3.21. The summed E-state index contributed by atoms with van der Waals surface area (Å²) in [5, 5.41) is 0. The first-order valence-corrected chi connectivity index (χ1v) is 9.63. The summed E-state index contributed by atoms with van der Waals surface area (Å²) < 4.78 is 14.4. The summed E-state index contributed by atoms with van der Waals surface area (Å²) in [6.07, 6.45) is 12.4. The molecule has 0 bridgehead atoms. The number of ether oxygens (including phenoxy) is 1. The van der Waals surface area contributed by atoms with Crippen molar-refractivity contribution in [1.29, 1.82) is 0 Å². The summed E-state index contributed by atoms with van der Waals surface area (Å²) in [6.45, 7) is 12.2. The van der Waals surface area contributed by atoms with Gasteiger partial charge in [0, 0.05) is 18.4 Å². The van der Waals surface area contributed by atoms with E-state index in [1.165, 1.54) is 32.1 Å². The molecule has 24 heavy (non-hydrogen) atoms. The Balaban J connectivity index is 1.95. The molecule has 0 spiro atoms. The standard InChI is InChI=1S/C19H35BN2O2/c1-6-7-9-12-18(2,3)19(4,5)24-20-16-14-21-15-22(16)17-11-8-10-13-23-17/h14-15,17,20H,6-13H2,1-5H3. The van der Waals surface area contributed by atoms with Gasteiger partial charge in [-0.05, 0) is 44.9 Å². The van der Waals surface area contributed by atoms with Gasteiger partial charge in [-0.2, -0.15) is 0 Å². The molecular weight excluding hydrogens is 299 g/mol. The third-order valence-electron chi connectivity index (χ3n) is 5.83. The molecule has 2 rings (SSSR count). The quantitative estimate of drug-likeness (QED) is 0.507. The Morgan fingerprint density at radius 2 is 2.08 bits per heavy atom. The number of unbranched alkanes of at least 4 members (excludes halogenated alkanes) is 2. The van der Waals surface area contributed by atoms with Gasteiger partial charge in [-0.1, -0.05) is 40.0 Å². The Hall–Kier alpha value is -0.805. The Labute approximate surface area is 148 Å². The first-order chi connectivity index (χ1) is 11.4. The number of hydrogen-bond donors (Lipinski definition) is 0. The van der Waals surface area contributed by atoms with E-state index in [4.69, 9.17) is 9.39 Å². The number of hydrogen-bond acceptors (Lipinski definition) is 3. The molecule has 2 heterocycles. The van der Waals surface area contributed by atoms with Crippen LogP contribution in [0.3, 0.4) is 0 Å². The van der Waals surface area contributed by atoms with Crippen molar-refractivity contribution in [1.82, 2.24) is 9.55 Å². The number of aromatic nitrogens is 2. The van der Waals surface area contributed by atoms with Gasteiger partial charge in [-0.3, -0.25) is 0 Å². The molecule has 4 nitrogen and oxygen atoms in total. The van der Waals surface area contributed by atoms with Gasteiger partial charge in [0.1, 0.15) is 6.23 Å². The lowest BCUT2D eigenvalue weighted by Crippen LogP contribution is -2.45. The second-order valence-electron chi connectivity index (χ2n) is 8.25. The summed E-state index contributed by atoms with van der Waals surface area (Å²) >= 11 is 0. The predicted octanol–water partition coefficient (Wildman–Crippen LogP) is 3.96. The van der Waals surface area contributed by atoms with Crippen molar-refractivity contribution in [3.8, 4) is 0 Å². The maximum absolute atomic E-state index is 6.38. The fourth-order valence-corrected chi connectivity index (χ4v) is 3.21. The van der Waals surface area contributed by atoms with Gasteiger partial charge in [0.25, 0.3) is 0 Å². The summed E-state index contributed by atoms with van der Waals surface area (Å²) in [4.78, 5) is 4.32. The van der Waals surface area contributed by atoms with E-state index in [1.807, 2.05) is 12.5 Å². The molecule has 0 radical (unpaired) electrons. The first-order valence-electron chi connectivity index (χ1n) is 9.63. The lowest BCUT2D eigenvalue weighted by Gasteiger charge is -2.42. The van der Waals surface area contributed by atoms with Crippen LogP contribution in [0.2, 0.25) is 0 Å². The molecule has 0 N–H and O–H groups in total. The Morgan fingerprint density at radius 1 is 1.29 bits per heavy atom. The number of rotatable bonds is 9. The third-order valence-corrected chi connectivity index (χ3v) is 5.83. The van der Waals surface area contributed by atoms with Crippen LogP contribution < -0.4 is 5.59 Å². The molecular formula is C19H35BN2O2. The lowest BCUT2D eigenvalue weighted by molar-refractivity contribution is -0.0318. The van der Waals surface area contributed by atoms with Crippen LogP contribution in [-0.4, -0.2) is 29.2 Å². The number of nitrogens with zero attached hydrogens (tertiary/aromatic N) is 2. The van der Waals surface area contributed by atoms with Gasteiger partial charge in [-0.25, -0.2) is 4.98 Å². The minimum absolute atomic E-state index is 0.125. The van der Waals surface area contributed by atoms with E-state index in [-0.39, 0.29) is 17.2 Å². The summed E-state index contributed by atoms with van der Waals surface area (Å²) in [5.41, 5.74) is 1.08. The zero-order valence-corrected chi connectivity index (χ0v) is 16.3. The van der Waals surface area contributed by atoms with E-state index in [0.29, 0.717) is 7.48 Å². The molecule has 1 aliphatic rings. The molecule has 1 fully saturated rings. The van der Waals surface area contributed by atoms with Crippen LogP contribution in [0.25, 0.3) is 0 Å². The summed E-state index contributed by atoms with van der Waals surface area (Å²) in [7, 11) is 0.587. The topological polar surface area (TPSA) is 36.3 Å². The van der Waals surface area contributed by atoms with Crippen LogP contribution in [0.1, 0.15) is 85.8 Å². The Bertz CT molecular complexity index is 493. The van der Waals surface area contributed by atoms with Crippen molar-refractivity contribution >= 4 is 13.1 Å². The van der Waals surface area contributed by atoms with Crippen LogP contribution in [-0.2, 0) is 9.39 Å². The lowest BCUT2D eigenvalue weighted by atomic mass is 9.72. The van der Waals surface area contributed by atoms with Crippen molar-refractivity contribution in [2.75, 3.05) is 6.61 Å². The minimum Gasteiger partial charge on any atom is -0.427 e. The maximum atomic E-state index is 6.38. The molecule has 1 aromatic rings. The van der Waals surface area contributed by atoms with Crippen LogP contribution in [0.4, 0.5) is 0 Å². The van der Waals surface area contributed by atoms with E-state index >= 15 is 0 Å². The second kappa shape index (κ2) is 8.53. The largest absolute Gasteiger partial charge is 0.427 e. The molecule has 0 aromatic carbocycles. The SMILES string of the molecule is CCCCCC(C)(C)C(C)(C)OBc1cncn1C1CCCCO1. The summed E-state index contributed by atoms with van der Waals surface area (Å²) in [5.74, 6) is 0. The molecule has 0 aliphatic carbocycles. The highest BCUT2D eigenvalue weighted by Crippen LogP contribution is 2.38. The van der Waals surface area contributed by atoms with E-state index in [1.54, 1.807) is 0 Å². The third kappa shape index (κ3) is 4.86. The van der Waals surface area contributed by atoms with Crippen molar-refractivity contribution in [3.63, 3.8) is 0 Å². The van der Waals surface area contributed by atoms with Gasteiger partial charge >= 0.3 is 7.48 Å². The molecule has 1 aromatic heterocycles. The minimum atomic E-state index is -0.177. The van der Waals surface area contributed by atoms with Gasteiger partial charge in [0.15, 0.2) is 0 Å². The molecule has 136 valence electrons. The molecule has 1 aliphatic heterocycles. The van der Waals surface area contributed by atoms with Crippen LogP contribution in [0, 0.1) is 5.41 Å². The van der Waals surface area contributed by atoms with E-state index < -0.39 is 0 Å². The first kappa shape index (κ1) is 19.5. The summed E-state index contributed by atoms with van der Waals surface area (Å²) in [6, 6.07) is 0. The predicted molar refractivity (Wildman–Crippen MR) is 101 cm³/mol.